The number of hydrogen-bond acceptors (Lipinski definition) is 7. The van der Waals surface area contributed by atoms with E-state index in [1.54, 1.807) is 0 Å². The second-order valence-corrected chi connectivity index (χ2v) is 9.52. The SMILES string of the molecule is C/C(O)=C(/C(=O)OC(c1ccccc1)c1ccccc1)N1C(=O)[C@H]2N=C(COc3ccccc3)S[C@H]21. The van der Waals surface area contributed by atoms with Crippen molar-refractivity contribution in [3.05, 3.63) is 114 Å². The maximum absolute atomic E-state index is 13.4. The number of β-lactam (4-membered cyclic amide) rings is 1. The van der Waals surface area contributed by atoms with Crippen LogP contribution in [0.3, 0.4) is 0 Å². The highest BCUT2D eigenvalue weighted by Gasteiger charge is 2.55. The Morgan fingerprint density at radius 1 is 0.972 bits per heavy atom. The number of para-hydroxylation sites is 1. The molecular weight excluding hydrogens is 476 g/mol. The zero-order chi connectivity index (χ0) is 25.1. The number of aliphatic imine (C=N–C) groups is 1. The molecule has 2 aliphatic rings. The highest BCUT2D eigenvalue weighted by molar-refractivity contribution is 8.15. The summed E-state index contributed by atoms with van der Waals surface area (Å²) in [6, 6.07) is 27.4. The minimum atomic E-state index is -0.783. The van der Waals surface area contributed by atoms with E-state index in [2.05, 4.69) is 4.99 Å². The molecule has 1 saturated heterocycles. The number of esters is 1. The lowest BCUT2D eigenvalue weighted by molar-refractivity contribution is -0.153. The Bertz CT molecular complexity index is 1270. The van der Waals surface area contributed by atoms with Gasteiger partial charge in [-0.15, -0.1) is 0 Å². The Morgan fingerprint density at radius 2 is 1.53 bits per heavy atom. The van der Waals surface area contributed by atoms with Gasteiger partial charge in [0.15, 0.2) is 17.8 Å². The van der Waals surface area contributed by atoms with Crippen molar-refractivity contribution in [1.82, 2.24) is 4.90 Å². The second-order valence-electron chi connectivity index (χ2n) is 8.33. The Morgan fingerprint density at radius 3 is 2.08 bits per heavy atom. The van der Waals surface area contributed by atoms with Gasteiger partial charge in [0.2, 0.25) is 0 Å². The van der Waals surface area contributed by atoms with E-state index in [4.69, 9.17) is 9.47 Å². The monoisotopic (exact) mass is 500 g/mol. The molecule has 1 amide bonds. The number of likely N-dealkylation sites (tertiary alicyclic amines) is 1. The summed E-state index contributed by atoms with van der Waals surface area (Å²) in [6.45, 7) is 1.59. The van der Waals surface area contributed by atoms with Crippen molar-refractivity contribution in [2.75, 3.05) is 6.61 Å². The summed E-state index contributed by atoms with van der Waals surface area (Å²) in [6.07, 6.45) is -0.705. The number of aliphatic hydroxyl groups is 1. The lowest BCUT2D eigenvalue weighted by Gasteiger charge is -2.41. The van der Waals surface area contributed by atoms with Crippen molar-refractivity contribution in [1.29, 1.82) is 0 Å². The molecule has 2 heterocycles. The van der Waals surface area contributed by atoms with E-state index in [9.17, 15) is 14.7 Å². The summed E-state index contributed by atoms with van der Waals surface area (Å²) < 4.78 is 11.7. The van der Waals surface area contributed by atoms with E-state index >= 15 is 0 Å². The molecule has 0 aliphatic carbocycles. The van der Waals surface area contributed by atoms with Crippen LogP contribution in [0.4, 0.5) is 0 Å². The van der Waals surface area contributed by atoms with Crippen LogP contribution >= 0.6 is 11.8 Å². The van der Waals surface area contributed by atoms with E-state index in [1.165, 1.54) is 23.6 Å². The Balaban J connectivity index is 1.32. The fraction of sp³-hybridized carbons (Fsp3) is 0.179. The summed E-state index contributed by atoms with van der Waals surface area (Å²) in [7, 11) is 0. The van der Waals surface area contributed by atoms with Crippen LogP contribution in [0.5, 0.6) is 5.75 Å². The quantitative estimate of drug-likeness (QED) is 0.206. The van der Waals surface area contributed by atoms with Crippen molar-refractivity contribution in [2.45, 2.75) is 24.4 Å². The van der Waals surface area contributed by atoms with Crippen molar-refractivity contribution >= 4 is 28.7 Å². The van der Waals surface area contributed by atoms with E-state index in [0.717, 1.165) is 11.1 Å². The van der Waals surface area contributed by atoms with Crippen LogP contribution in [0.25, 0.3) is 0 Å². The molecule has 0 radical (unpaired) electrons. The van der Waals surface area contributed by atoms with Crippen LogP contribution in [0, 0.1) is 0 Å². The molecule has 0 saturated carbocycles. The molecule has 0 spiro atoms. The Labute approximate surface area is 213 Å². The highest BCUT2D eigenvalue weighted by Crippen LogP contribution is 2.42. The predicted octanol–water partition coefficient (Wildman–Crippen LogP) is 4.87. The smallest absolute Gasteiger partial charge is 0.359 e. The van der Waals surface area contributed by atoms with Crippen molar-refractivity contribution in [3.63, 3.8) is 0 Å². The van der Waals surface area contributed by atoms with Gasteiger partial charge in [-0.25, -0.2) is 4.79 Å². The molecule has 8 heteroatoms. The second kappa shape index (κ2) is 10.3. The molecule has 7 nitrogen and oxygen atoms in total. The molecule has 0 aromatic heterocycles. The molecule has 3 aromatic rings. The number of aliphatic hydroxyl groups excluding tert-OH is 1. The molecule has 2 atom stereocenters. The largest absolute Gasteiger partial charge is 0.510 e. The van der Waals surface area contributed by atoms with Gasteiger partial charge in [0.05, 0.1) is 0 Å². The summed E-state index contributed by atoms with van der Waals surface area (Å²) in [5.41, 5.74) is 1.38. The lowest BCUT2D eigenvalue weighted by Crippen LogP contribution is -2.61. The Hall–Kier alpha value is -4.04. The number of amides is 1. The molecule has 182 valence electrons. The molecule has 3 aromatic carbocycles. The number of benzene rings is 3. The number of thioether (sulfide) groups is 1. The number of ether oxygens (including phenoxy) is 2. The summed E-state index contributed by atoms with van der Waals surface area (Å²) in [4.78, 5) is 32.1. The average molecular weight is 501 g/mol. The number of carbonyl (C=O) groups is 2. The normalized spacial score (nSPS) is 19.2. The average Bonchev–Trinajstić information content (AvgIpc) is 3.29. The van der Waals surface area contributed by atoms with Crippen LogP contribution in [0.2, 0.25) is 0 Å². The zero-order valence-corrected chi connectivity index (χ0v) is 20.3. The third-order valence-corrected chi connectivity index (χ3v) is 7.07. The molecule has 1 fully saturated rings. The zero-order valence-electron chi connectivity index (χ0n) is 19.5. The number of carbonyl (C=O) groups excluding carboxylic acids is 2. The van der Waals surface area contributed by atoms with Crippen LogP contribution in [-0.4, -0.2) is 44.9 Å². The van der Waals surface area contributed by atoms with E-state index < -0.39 is 23.5 Å². The van der Waals surface area contributed by atoms with Crippen LogP contribution in [0.15, 0.2) is 107 Å². The van der Waals surface area contributed by atoms with Gasteiger partial charge >= 0.3 is 5.97 Å². The first-order chi connectivity index (χ1) is 17.5. The molecular formula is C28H24N2O5S. The number of rotatable bonds is 8. The van der Waals surface area contributed by atoms with Gasteiger partial charge in [0.1, 0.15) is 28.5 Å². The number of allylic oxidation sites excluding steroid dienone is 1. The van der Waals surface area contributed by atoms with Gasteiger partial charge < -0.3 is 14.6 Å². The predicted molar refractivity (Wildman–Crippen MR) is 138 cm³/mol. The first-order valence-corrected chi connectivity index (χ1v) is 12.4. The van der Waals surface area contributed by atoms with E-state index in [1.807, 2.05) is 91.0 Å². The van der Waals surface area contributed by atoms with Gasteiger partial charge in [0.25, 0.3) is 5.91 Å². The molecule has 5 rings (SSSR count). The highest BCUT2D eigenvalue weighted by atomic mass is 32.2. The number of fused-ring (bicyclic) bond motifs is 1. The summed E-state index contributed by atoms with van der Waals surface area (Å²) >= 11 is 1.34. The maximum atomic E-state index is 13.4. The first kappa shape index (κ1) is 23.7. The molecule has 2 aliphatic heterocycles. The number of nitrogens with zero attached hydrogens (tertiary/aromatic N) is 2. The molecule has 1 N–H and O–H groups in total. The van der Waals surface area contributed by atoms with Crippen LogP contribution < -0.4 is 4.74 Å². The third kappa shape index (κ3) is 4.72. The van der Waals surface area contributed by atoms with Crippen molar-refractivity contribution < 1.29 is 24.2 Å². The van der Waals surface area contributed by atoms with Crippen molar-refractivity contribution in [3.8, 4) is 5.75 Å². The first-order valence-electron chi connectivity index (χ1n) is 11.5. The fourth-order valence-corrected chi connectivity index (χ4v) is 5.35. The van der Waals surface area contributed by atoms with Crippen molar-refractivity contribution in [2.24, 2.45) is 4.99 Å². The van der Waals surface area contributed by atoms with Gasteiger partial charge in [-0.1, -0.05) is 90.6 Å². The van der Waals surface area contributed by atoms with Gasteiger partial charge in [-0.05, 0) is 30.2 Å². The molecule has 0 unspecified atom stereocenters. The maximum Gasteiger partial charge on any atom is 0.359 e. The van der Waals surface area contributed by atoms with Crippen LogP contribution in [-0.2, 0) is 14.3 Å². The van der Waals surface area contributed by atoms with Gasteiger partial charge in [-0.3, -0.25) is 14.7 Å². The van der Waals surface area contributed by atoms with E-state index in [-0.39, 0.29) is 24.0 Å². The van der Waals surface area contributed by atoms with E-state index in [0.29, 0.717) is 10.8 Å². The van der Waals surface area contributed by atoms with Gasteiger partial charge in [0, 0.05) is 0 Å². The molecule has 36 heavy (non-hydrogen) atoms. The third-order valence-electron chi connectivity index (χ3n) is 5.87. The standard InChI is InChI=1S/C28H24N2O5S/c1-18(31)24(28(33)35-25(19-11-5-2-6-12-19)20-13-7-3-8-14-20)30-26(32)23-27(30)36-22(29-23)17-34-21-15-9-4-10-16-21/h2-16,23,25,27,31H,17H2,1H3/b24-18+/t23-,27-/m1/s1. The Kier molecular flexibility index (Phi) is 6.77. The topological polar surface area (TPSA) is 88.4 Å². The van der Waals surface area contributed by atoms with Crippen LogP contribution in [0.1, 0.15) is 24.2 Å². The number of hydrogen-bond donors (Lipinski definition) is 1. The fourth-order valence-electron chi connectivity index (χ4n) is 4.15. The lowest BCUT2D eigenvalue weighted by atomic mass is 10.0. The summed E-state index contributed by atoms with van der Waals surface area (Å²) in [5, 5.41) is 10.7. The minimum Gasteiger partial charge on any atom is -0.510 e. The van der Waals surface area contributed by atoms with Gasteiger partial charge in [-0.2, -0.15) is 0 Å². The molecule has 0 bridgehead atoms. The minimum absolute atomic E-state index is 0.175. The summed E-state index contributed by atoms with van der Waals surface area (Å²) in [5.74, 6) is -0.736.